The second-order valence-corrected chi connectivity index (χ2v) is 12.2. The van der Waals surface area contributed by atoms with E-state index in [1.807, 2.05) is 0 Å². The fourth-order valence-corrected chi connectivity index (χ4v) is 4.92. The standard InChI is InChI=1S/C31H52N10O8/c1-18-10-4-7-14-36-31(33)37-15-9-6-12-22(40-27(45)19(2)38-30(48)24(20(3)42)41-26(18)44)28(46)39-21(25(32)43)11-5-8-13-35-29(47)23-16-34-17-49-23/h16-22,24,42H,4-15H2,1-3H3,(H2,32,43)(H,35,47)(H,38,48)(H,39,46)(H,40,45)(H,41,44)(H3,33,36,37)/t18-,19-,20-,21-,22+,24-/m0/s1. The number of nitrogens with zero attached hydrogens (tertiary/aromatic N) is 2. The molecule has 18 heteroatoms. The lowest BCUT2D eigenvalue weighted by molar-refractivity contribution is -0.136. The number of hydrogen-bond acceptors (Lipinski definition) is 12. The molecule has 1 aliphatic rings. The molecule has 6 atom stereocenters. The smallest absolute Gasteiger partial charge is 0.288 e. The Kier molecular flexibility index (Phi) is 17.6. The van der Waals surface area contributed by atoms with E-state index in [9.17, 15) is 33.9 Å². The van der Waals surface area contributed by atoms with E-state index in [1.165, 1.54) is 20.0 Å². The number of nitrogens with two attached hydrogens (primary N) is 2. The molecule has 2 rings (SSSR count). The van der Waals surface area contributed by atoms with Crippen molar-refractivity contribution < 1.29 is 38.3 Å². The highest BCUT2D eigenvalue weighted by atomic mass is 16.3. The third-order valence-corrected chi connectivity index (χ3v) is 7.97. The first-order chi connectivity index (χ1) is 23.3. The Hall–Kier alpha value is -4.74. The van der Waals surface area contributed by atoms with E-state index in [0.717, 1.165) is 12.8 Å². The number of primary amides is 1. The van der Waals surface area contributed by atoms with Gasteiger partial charge in [0.05, 0.1) is 12.3 Å². The van der Waals surface area contributed by atoms with Crippen LogP contribution in [0.15, 0.2) is 22.0 Å². The summed E-state index contributed by atoms with van der Waals surface area (Å²) in [6.07, 6.45) is 5.39. The zero-order valence-electron chi connectivity index (χ0n) is 28.5. The number of hydrogen-bond donors (Lipinski definition) is 9. The Morgan fingerprint density at radius 3 is 2.43 bits per heavy atom. The minimum absolute atomic E-state index is 0.0656. The summed E-state index contributed by atoms with van der Waals surface area (Å²) < 4.78 is 4.94. The van der Waals surface area contributed by atoms with Gasteiger partial charge in [-0.05, 0) is 65.2 Å². The Bertz CT molecular complexity index is 1270. The number of carbonyl (C=O) groups is 6. The number of rotatable bonds is 10. The van der Waals surface area contributed by atoms with Crippen molar-refractivity contribution in [3.63, 3.8) is 0 Å². The quantitative estimate of drug-likeness (QED) is 0.125. The monoisotopic (exact) mass is 692 g/mol. The summed E-state index contributed by atoms with van der Waals surface area (Å²) in [6.45, 7) is 5.66. The average molecular weight is 693 g/mol. The molecule has 0 aliphatic carbocycles. The summed E-state index contributed by atoms with van der Waals surface area (Å²) in [7, 11) is 0. The highest BCUT2D eigenvalue weighted by Gasteiger charge is 2.31. The van der Waals surface area contributed by atoms with Crippen molar-refractivity contribution >= 4 is 41.4 Å². The molecule has 1 aromatic rings. The van der Waals surface area contributed by atoms with Gasteiger partial charge in [-0.1, -0.05) is 13.3 Å². The largest absolute Gasteiger partial charge is 0.438 e. The summed E-state index contributed by atoms with van der Waals surface area (Å²) >= 11 is 0. The van der Waals surface area contributed by atoms with Crippen LogP contribution in [0, 0.1) is 5.92 Å². The first kappa shape index (κ1) is 40.4. The SMILES string of the molecule is C[C@@H]1NC(=O)[C@H]([C@H](C)O)NC(=O)[C@@H](C)CCCCNC(N)=NCCCC[C@H](C(=O)N[C@@H](CCCCNC(=O)c2cnco2)C(N)=O)NC1=O. The minimum atomic E-state index is -1.32. The topological polar surface area (TPSA) is 285 Å². The molecule has 1 aromatic heterocycles. The second-order valence-electron chi connectivity index (χ2n) is 12.2. The molecule has 0 saturated heterocycles. The highest BCUT2D eigenvalue weighted by Crippen LogP contribution is 2.10. The lowest BCUT2D eigenvalue weighted by Gasteiger charge is -2.26. The van der Waals surface area contributed by atoms with Crippen LogP contribution < -0.4 is 43.4 Å². The van der Waals surface area contributed by atoms with Gasteiger partial charge in [-0.25, -0.2) is 4.98 Å². The van der Waals surface area contributed by atoms with E-state index in [-0.39, 0.29) is 31.1 Å². The summed E-state index contributed by atoms with van der Waals surface area (Å²) in [5.74, 6) is -3.86. The predicted molar refractivity (Wildman–Crippen MR) is 178 cm³/mol. The number of unbranched alkanes of at least 4 members (excludes halogenated alkanes) is 1. The Balaban J connectivity index is 2.10. The molecule has 0 aromatic carbocycles. The van der Waals surface area contributed by atoms with E-state index < -0.39 is 71.6 Å². The molecule has 0 spiro atoms. The van der Waals surface area contributed by atoms with Crippen LogP contribution in [-0.4, -0.2) is 101 Å². The zero-order valence-corrected chi connectivity index (χ0v) is 28.5. The summed E-state index contributed by atoms with van der Waals surface area (Å²) in [4.78, 5) is 84.6. The number of aliphatic imine (C=N–C) groups is 1. The van der Waals surface area contributed by atoms with E-state index >= 15 is 0 Å². The van der Waals surface area contributed by atoms with Gasteiger partial charge in [-0.3, -0.25) is 33.8 Å². The predicted octanol–water partition coefficient (Wildman–Crippen LogP) is -1.71. The first-order valence-corrected chi connectivity index (χ1v) is 16.7. The van der Waals surface area contributed by atoms with Gasteiger partial charge in [0.25, 0.3) is 5.91 Å². The van der Waals surface area contributed by atoms with Crippen LogP contribution in [0.1, 0.15) is 89.1 Å². The summed E-state index contributed by atoms with van der Waals surface area (Å²) in [5, 5.41) is 26.2. The number of guanidine groups is 1. The Morgan fingerprint density at radius 1 is 1.02 bits per heavy atom. The first-order valence-electron chi connectivity index (χ1n) is 16.7. The lowest BCUT2D eigenvalue weighted by atomic mass is 10.0. The molecule has 2 heterocycles. The molecule has 0 bridgehead atoms. The van der Waals surface area contributed by atoms with Gasteiger partial charge in [-0.15, -0.1) is 0 Å². The molecule has 49 heavy (non-hydrogen) atoms. The molecule has 0 fully saturated rings. The number of nitrogens with one attached hydrogen (secondary N) is 6. The van der Waals surface area contributed by atoms with E-state index in [2.05, 4.69) is 41.9 Å². The van der Waals surface area contributed by atoms with Crippen molar-refractivity contribution in [1.29, 1.82) is 0 Å². The van der Waals surface area contributed by atoms with Gasteiger partial charge >= 0.3 is 0 Å². The van der Waals surface area contributed by atoms with Gasteiger partial charge in [0.15, 0.2) is 12.4 Å². The van der Waals surface area contributed by atoms with Gasteiger partial charge in [0.1, 0.15) is 24.2 Å². The molecular formula is C31H52N10O8. The molecule has 18 nitrogen and oxygen atoms in total. The third kappa shape index (κ3) is 14.9. The number of carbonyl (C=O) groups excluding carboxylic acids is 6. The van der Waals surface area contributed by atoms with E-state index in [1.54, 1.807) is 6.92 Å². The minimum Gasteiger partial charge on any atom is -0.438 e. The van der Waals surface area contributed by atoms with Crippen LogP contribution in [0.3, 0.4) is 0 Å². The lowest BCUT2D eigenvalue weighted by Crippen LogP contribution is -2.59. The number of aliphatic hydroxyl groups is 1. The zero-order chi connectivity index (χ0) is 36.3. The maximum Gasteiger partial charge on any atom is 0.288 e. The maximum absolute atomic E-state index is 13.4. The number of aliphatic hydroxyl groups excluding tert-OH is 1. The van der Waals surface area contributed by atoms with Gasteiger partial charge in [0, 0.05) is 25.6 Å². The highest BCUT2D eigenvalue weighted by molar-refractivity contribution is 5.95. The third-order valence-electron chi connectivity index (χ3n) is 7.97. The summed E-state index contributed by atoms with van der Waals surface area (Å²) in [6, 6.07) is -4.62. The molecule has 11 N–H and O–H groups in total. The Morgan fingerprint density at radius 2 is 1.76 bits per heavy atom. The number of amides is 6. The van der Waals surface area contributed by atoms with Crippen LogP contribution in [0.4, 0.5) is 0 Å². The van der Waals surface area contributed by atoms with Gasteiger partial charge in [0.2, 0.25) is 35.3 Å². The van der Waals surface area contributed by atoms with E-state index in [0.29, 0.717) is 51.6 Å². The molecule has 0 radical (unpaired) electrons. The van der Waals surface area contributed by atoms with Crippen molar-refractivity contribution in [2.45, 2.75) is 109 Å². The molecule has 0 saturated carbocycles. The molecular weight excluding hydrogens is 640 g/mol. The normalized spacial score (nSPS) is 23.5. The fraction of sp³-hybridized carbons (Fsp3) is 0.677. The van der Waals surface area contributed by atoms with Crippen molar-refractivity contribution in [2.24, 2.45) is 22.4 Å². The van der Waals surface area contributed by atoms with Gasteiger partial charge < -0.3 is 52.9 Å². The molecule has 6 amide bonds. The van der Waals surface area contributed by atoms with E-state index in [4.69, 9.17) is 15.9 Å². The number of aromatic nitrogens is 1. The molecule has 0 unspecified atom stereocenters. The second kappa shape index (κ2) is 21.3. The maximum atomic E-state index is 13.4. The van der Waals surface area contributed by atoms with Crippen LogP contribution in [0.5, 0.6) is 0 Å². The number of oxazole rings is 1. The van der Waals surface area contributed by atoms with Crippen molar-refractivity contribution in [1.82, 2.24) is 36.9 Å². The van der Waals surface area contributed by atoms with Gasteiger partial charge in [-0.2, -0.15) is 0 Å². The van der Waals surface area contributed by atoms with Crippen LogP contribution in [0.25, 0.3) is 0 Å². The summed E-state index contributed by atoms with van der Waals surface area (Å²) in [5.41, 5.74) is 11.5. The van der Waals surface area contributed by atoms with Crippen molar-refractivity contribution in [2.75, 3.05) is 19.6 Å². The van der Waals surface area contributed by atoms with Crippen LogP contribution in [-0.2, 0) is 24.0 Å². The van der Waals surface area contributed by atoms with Crippen LogP contribution in [0.2, 0.25) is 0 Å². The molecule has 1 aliphatic heterocycles. The average Bonchev–Trinajstić information content (AvgIpc) is 3.59. The Labute approximate surface area is 285 Å². The van der Waals surface area contributed by atoms with Crippen molar-refractivity contribution in [3.05, 3.63) is 18.4 Å². The van der Waals surface area contributed by atoms with Crippen LogP contribution >= 0.6 is 0 Å². The molecule has 274 valence electrons. The van der Waals surface area contributed by atoms with Crippen molar-refractivity contribution in [3.8, 4) is 0 Å². The fourth-order valence-electron chi connectivity index (χ4n) is 4.92.